The quantitative estimate of drug-likeness (QED) is 0.356. The number of benzene rings is 2. The van der Waals surface area contributed by atoms with Crippen LogP contribution in [0.25, 0.3) is 0 Å². The standard InChI is InChI=1S/C20H27N3O3.HI/c1-14(15-9-7-6-8-10-15)23-20(21-2)22-13-17-18(25-4)11-16(24-3)12-19(17)26-5;/h6-12,14H,13H2,1-5H3,(H2,21,22,23);1H. The first-order valence-corrected chi connectivity index (χ1v) is 8.44. The zero-order valence-corrected chi connectivity index (χ0v) is 18.7. The lowest BCUT2D eigenvalue weighted by molar-refractivity contribution is 0.368. The van der Waals surface area contributed by atoms with E-state index >= 15 is 0 Å². The number of methoxy groups -OCH3 is 3. The second-order valence-electron chi connectivity index (χ2n) is 5.71. The van der Waals surface area contributed by atoms with Crippen molar-refractivity contribution in [1.82, 2.24) is 10.6 Å². The Labute approximate surface area is 178 Å². The molecule has 1 unspecified atom stereocenters. The largest absolute Gasteiger partial charge is 0.496 e. The molecule has 2 rings (SSSR count). The molecule has 0 saturated carbocycles. The van der Waals surface area contributed by atoms with Crippen LogP contribution in [0.5, 0.6) is 17.2 Å². The van der Waals surface area contributed by atoms with Gasteiger partial charge in [0.05, 0.1) is 39.5 Å². The number of aliphatic imine (C=N–C) groups is 1. The Bertz CT molecular complexity index is 714. The molecule has 7 heteroatoms. The first-order valence-electron chi connectivity index (χ1n) is 8.44. The Kier molecular flexibility index (Phi) is 9.77. The maximum absolute atomic E-state index is 5.49. The summed E-state index contributed by atoms with van der Waals surface area (Å²) in [5, 5.41) is 6.69. The van der Waals surface area contributed by atoms with Gasteiger partial charge in [0, 0.05) is 19.2 Å². The molecule has 0 aliphatic rings. The number of rotatable bonds is 7. The molecule has 2 N–H and O–H groups in total. The van der Waals surface area contributed by atoms with Crippen LogP contribution in [0.15, 0.2) is 47.5 Å². The van der Waals surface area contributed by atoms with E-state index in [1.807, 2.05) is 30.3 Å². The summed E-state index contributed by atoms with van der Waals surface area (Å²) < 4.78 is 16.3. The Morgan fingerprint density at radius 1 is 1.00 bits per heavy atom. The first kappa shape index (κ1) is 22.9. The molecule has 0 heterocycles. The molecule has 0 aliphatic heterocycles. The second-order valence-corrected chi connectivity index (χ2v) is 5.71. The highest BCUT2D eigenvalue weighted by molar-refractivity contribution is 14.0. The molecule has 0 aromatic heterocycles. The number of ether oxygens (including phenoxy) is 3. The van der Waals surface area contributed by atoms with Crippen LogP contribution >= 0.6 is 24.0 Å². The average molecular weight is 485 g/mol. The van der Waals surface area contributed by atoms with Crippen molar-refractivity contribution >= 4 is 29.9 Å². The third-order valence-corrected chi connectivity index (χ3v) is 4.13. The molecule has 2 aromatic rings. The highest BCUT2D eigenvalue weighted by Crippen LogP contribution is 2.33. The lowest BCUT2D eigenvalue weighted by Crippen LogP contribution is -2.38. The molecule has 0 fully saturated rings. The SMILES string of the molecule is CN=C(NCc1c(OC)cc(OC)cc1OC)NC(C)c1ccccc1.I. The van der Waals surface area contributed by atoms with Gasteiger partial charge < -0.3 is 24.8 Å². The van der Waals surface area contributed by atoms with E-state index in [4.69, 9.17) is 14.2 Å². The summed E-state index contributed by atoms with van der Waals surface area (Å²) in [5.41, 5.74) is 2.08. The van der Waals surface area contributed by atoms with Crippen LogP contribution in [-0.4, -0.2) is 34.3 Å². The molecule has 1 atom stereocenters. The number of halogens is 1. The molecular weight excluding hydrogens is 457 g/mol. The lowest BCUT2D eigenvalue weighted by Gasteiger charge is -2.20. The third-order valence-electron chi connectivity index (χ3n) is 4.13. The molecular formula is C20H28IN3O3. The Morgan fingerprint density at radius 2 is 1.59 bits per heavy atom. The summed E-state index contributed by atoms with van der Waals surface area (Å²) in [7, 11) is 6.61. The number of hydrogen-bond donors (Lipinski definition) is 2. The van der Waals surface area contributed by atoms with Gasteiger partial charge in [-0.05, 0) is 12.5 Å². The van der Waals surface area contributed by atoms with E-state index in [2.05, 4.69) is 34.7 Å². The number of nitrogens with one attached hydrogen (secondary N) is 2. The topological polar surface area (TPSA) is 64.1 Å². The fraction of sp³-hybridized carbons (Fsp3) is 0.350. The van der Waals surface area contributed by atoms with Gasteiger partial charge in [-0.15, -0.1) is 24.0 Å². The summed E-state index contributed by atoms with van der Waals surface area (Å²) >= 11 is 0. The van der Waals surface area contributed by atoms with Gasteiger partial charge >= 0.3 is 0 Å². The predicted octanol–water partition coefficient (Wildman–Crippen LogP) is 3.76. The molecule has 0 radical (unpaired) electrons. The van der Waals surface area contributed by atoms with Crippen molar-refractivity contribution in [2.75, 3.05) is 28.4 Å². The number of guanidine groups is 1. The van der Waals surface area contributed by atoms with Crippen LogP contribution < -0.4 is 24.8 Å². The van der Waals surface area contributed by atoms with Gasteiger partial charge in [0.2, 0.25) is 0 Å². The zero-order chi connectivity index (χ0) is 18.9. The molecule has 0 spiro atoms. The smallest absolute Gasteiger partial charge is 0.191 e. The Balaban J connectivity index is 0.00000364. The minimum Gasteiger partial charge on any atom is -0.496 e. The van der Waals surface area contributed by atoms with Gasteiger partial charge in [0.15, 0.2) is 5.96 Å². The van der Waals surface area contributed by atoms with Gasteiger partial charge in [-0.25, -0.2) is 0 Å². The Morgan fingerprint density at radius 3 is 2.07 bits per heavy atom. The van der Waals surface area contributed by atoms with Crippen LogP contribution in [0, 0.1) is 0 Å². The highest BCUT2D eigenvalue weighted by atomic mass is 127. The van der Waals surface area contributed by atoms with E-state index in [1.165, 1.54) is 5.56 Å². The minimum absolute atomic E-state index is 0. The molecule has 0 bridgehead atoms. The monoisotopic (exact) mass is 485 g/mol. The van der Waals surface area contributed by atoms with E-state index < -0.39 is 0 Å². The molecule has 6 nitrogen and oxygen atoms in total. The maximum atomic E-state index is 5.49. The van der Waals surface area contributed by atoms with Gasteiger partial charge in [0.25, 0.3) is 0 Å². The van der Waals surface area contributed by atoms with Crippen molar-refractivity contribution in [2.45, 2.75) is 19.5 Å². The minimum atomic E-state index is 0. The molecule has 0 aliphatic carbocycles. The van der Waals surface area contributed by atoms with Crippen LogP contribution in [0.1, 0.15) is 24.1 Å². The summed E-state index contributed by atoms with van der Waals surface area (Å²) in [5.74, 6) is 2.77. The number of hydrogen-bond acceptors (Lipinski definition) is 4. The first-order chi connectivity index (χ1) is 12.6. The fourth-order valence-corrected chi connectivity index (χ4v) is 2.65. The normalized spacial score (nSPS) is 11.8. The second kappa shape index (κ2) is 11.5. The van der Waals surface area contributed by atoms with E-state index in [9.17, 15) is 0 Å². The molecule has 0 saturated heterocycles. The van der Waals surface area contributed by atoms with Crippen molar-refractivity contribution in [3.8, 4) is 17.2 Å². The third kappa shape index (κ3) is 6.20. The molecule has 27 heavy (non-hydrogen) atoms. The lowest BCUT2D eigenvalue weighted by atomic mass is 10.1. The summed E-state index contributed by atoms with van der Waals surface area (Å²) in [6.45, 7) is 2.59. The van der Waals surface area contributed by atoms with Crippen molar-refractivity contribution in [1.29, 1.82) is 0 Å². The van der Waals surface area contributed by atoms with E-state index in [1.54, 1.807) is 28.4 Å². The summed E-state index contributed by atoms with van der Waals surface area (Å²) in [6, 6.07) is 14.0. The van der Waals surface area contributed by atoms with Crippen LogP contribution in [-0.2, 0) is 6.54 Å². The van der Waals surface area contributed by atoms with E-state index in [0.717, 1.165) is 5.56 Å². The zero-order valence-electron chi connectivity index (χ0n) is 16.4. The Hall–Kier alpha value is -2.16. The summed E-state index contributed by atoms with van der Waals surface area (Å²) in [6.07, 6.45) is 0. The fourth-order valence-electron chi connectivity index (χ4n) is 2.65. The van der Waals surface area contributed by atoms with Crippen LogP contribution in [0.4, 0.5) is 0 Å². The van der Waals surface area contributed by atoms with Crippen molar-refractivity contribution in [3.05, 3.63) is 53.6 Å². The van der Waals surface area contributed by atoms with Gasteiger partial charge in [0.1, 0.15) is 17.2 Å². The van der Waals surface area contributed by atoms with Crippen molar-refractivity contribution < 1.29 is 14.2 Å². The maximum Gasteiger partial charge on any atom is 0.191 e. The average Bonchev–Trinajstić information content (AvgIpc) is 2.70. The van der Waals surface area contributed by atoms with Crippen LogP contribution in [0.2, 0.25) is 0 Å². The van der Waals surface area contributed by atoms with E-state index in [-0.39, 0.29) is 30.0 Å². The van der Waals surface area contributed by atoms with Gasteiger partial charge in [-0.3, -0.25) is 4.99 Å². The highest BCUT2D eigenvalue weighted by Gasteiger charge is 2.14. The predicted molar refractivity (Wildman–Crippen MR) is 120 cm³/mol. The number of nitrogens with zero attached hydrogens (tertiary/aromatic N) is 1. The van der Waals surface area contributed by atoms with Gasteiger partial charge in [-0.1, -0.05) is 30.3 Å². The van der Waals surface area contributed by atoms with Gasteiger partial charge in [-0.2, -0.15) is 0 Å². The van der Waals surface area contributed by atoms with Crippen molar-refractivity contribution in [3.63, 3.8) is 0 Å². The summed E-state index contributed by atoms with van der Waals surface area (Å²) in [4.78, 5) is 4.30. The van der Waals surface area contributed by atoms with Crippen molar-refractivity contribution in [2.24, 2.45) is 4.99 Å². The molecule has 0 amide bonds. The molecule has 2 aromatic carbocycles. The van der Waals surface area contributed by atoms with E-state index in [0.29, 0.717) is 29.8 Å². The van der Waals surface area contributed by atoms with Crippen LogP contribution in [0.3, 0.4) is 0 Å². The molecule has 148 valence electrons.